The minimum absolute atomic E-state index is 0.135. The molecule has 0 aromatic heterocycles. The van der Waals surface area contributed by atoms with Crippen LogP contribution >= 0.6 is 15.9 Å². The summed E-state index contributed by atoms with van der Waals surface area (Å²) in [5.41, 5.74) is 0.192. The van der Waals surface area contributed by atoms with Crippen molar-refractivity contribution in [2.45, 2.75) is 45.1 Å². The third kappa shape index (κ3) is 3.59. The molecule has 0 aliphatic heterocycles. The SMILES string of the molecule is CNC(Cc1c(F)ccc(Br)c1F)C1CCCC(C)C1. The first-order valence-corrected chi connectivity index (χ1v) is 8.11. The molecule has 0 saturated heterocycles. The number of benzene rings is 1. The van der Waals surface area contributed by atoms with Crippen LogP contribution in [0.3, 0.4) is 0 Å². The van der Waals surface area contributed by atoms with E-state index in [2.05, 4.69) is 28.2 Å². The van der Waals surface area contributed by atoms with Gasteiger partial charge in [0.2, 0.25) is 0 Å². The van der Waals surface area contributed by atoms with Crippen molar-refractivity contribution in [3.63, 3.8) is 0 Å². The molecule has 112 valence electrons. The Labute approximate surface area is 128 Å². The normalized spacial score (nSPS) is 24.6. The van der Waals surface area contributed by atoms with Gasteiger partial charge in [-0.15, -0.1) is 0 Å². The predicted octanol–water partition coefficient (Wildman–Crippen LogP) is 4.68. The lowest BCUT2D eigenvalue weighted by Gasteiger charge is -2.33. The largest absolute Gasteiger partial charge is 0.316 e. The molecule has 0 radical (unpaired) electrons. The van der Waals surface area contributed by atoms with Gasteiger partial charge in [0.05, 0.1) is 4.47 Å². The fraction of sp³-hybridized carbons (Fsp3) is 0.625. The monoisotopic (exact) mass is 345 g/mol. The van der Waals surface area contributed by atoms with Gasteiger partial charge in [0.1, 0.15) is 11.6 Å². The molecule has 1 aromatic rings. The van der Waals surface area contributed by atoms with Gasteiger partial charge in [-0.25, -0.2) is 8.78 Å². The summed E-state index contributed by atoms with van der Waals surface area (Å²) in [5.74, 6) is 0.298. The van der Waals surface area contributed by atoms with Gasteiger partial charge in [0.15, 0.2) is 0 Å². The van der Waals surface area contributed by atoms with Crippen molar-refractivity contribution >= 4 is 15.9 Å². The van der Waals surface area contributed by atoms with Gasteiger partial charge >= 0.3 is 0 Å². The van der Waals surface area contributed by atoms with E-state index in [0.717, 1.165) is 12.8 Å². The van der Waals surface area contributed by atoms with E-state index in [0.29, 0.717) is 22.7 Å². The third-order valence-corrected chi connectivity index (χ3v) is 5.09. The van der Waals surface area contributed by atoms with Crippen LogP contribution in [0, 0.1) is 23.5 Å². The van der Waals surface area contributed by atoms with Crippen molar-refractivity contribution in [2.24, 2.45) is 11.8 Å². The van der Waals surface area contributed by atoms with Gasteiger partial charge in [0, 0.05) is 11.6 Å². The van der Waals surface area contributed by atoms with Crippen LogP contribution in [0.4, 0.5) is 8.78 Å². The lowest BCUT2D eigenvalue weighted by atomic mass is 9.77. The van der Waals surface area contributed by atoms with Gasteiger partial charge in [-0.1, -0.05) is 19.8 Å². The Balaban J connectivity index is 2.16. The Hall–Kier alpha value is -0.480. The Morgan fingerprint density at radius 1 is 1.35 bits per heavy atom. The van der Waals surface area contributed by atoms with Gasteiger partial charge in [-0.2, -0.15) is 0 Å². The highest BCUT2D eigenvalue weighted by molar-refractivity contribution is 9.10. The lowest BCUT2D eigenvalue weighted by molar-refractivity contribution is 0.225. The molecule has 1 saturated carbocycles. The average molecular weight is 346 g/mol. The molecule has 1 nitrogen and oxygen atoms in total. The standard InChI is InChI=1S/C16H22BrF2N/c1-10-4-3-5-11(8-10)15(20-2)9-12-14(18)7-6-13(17)16(12)19/h6-7,10-11,15,20H,3-5,8-9H2,1-2H3. The first-order valence-electron chi connectivity index (χ1n) is 7.32. The molecule has 3 unspecified atom stereocenters. The Morgan fingerprint density at radius 2 is 2.10 bits per heavy atom. The molecule has 2 rings (SSSR count). The molecule has 1 N–H and O–H groups in total. The fourth-order valence-corrected chi connectivity index (χ4v) is 3.70. The van der Waals surface area contributed by atoms with Crippen LogP contribution in [-0.4, -0.2) is 13.1 Å². The van der Waals surface area contributed by atoms with E-state index >= 15 is 0 Å². The zero-order chi connectivity index (χ0) is 14.7. The maximum Gasteiger partial charge on any atom is 0.143 e. The van der Waals surface area contributed by atoms with Crippen LogP contribution in [0.5, 0.6) is 0 Å². The molecule has 1 aromatic carbocycles. The molecular formula is C16H22BrF2N. The Bertz CT molecular complexity index is 464. The summed E-state index contributed by atoms with van der Waals surface area (Å²) in [4.78, 5) is 0. The first-order chi connectivity index (χ1) is 9.52. The average Bonchev–Trinajstić information content (AvgIpc) is 2.43. The molecule has 0 heterocycles. The second kappa shape index (κ2) is 6.99. The van der Waals surface area contributed by atoms with Gasteiger partial charge in [-0.05, 0) is 66.2 Å². The highest BCUT2D eigenvalue weighted by Gasteiger charge is 2.27. The molecule has 0 bridgehead atoms. The third-order valence-electron chi connectivity index (χ3n) is 4.48. The van der Waals surface area contributed by atoms with Gasteiger partial charge in [0.25, 0.3) is 0 Å². The van der Waals surface area contributed by atoms with Crippen LogP contribution in [0.1, 0.15) is 38.2 Å². The zero-order valence-corrected chi connectivity index (χ0v) is 13.6. The van der Waals surface area contributed by atoms with E-state index in [4.69, 9.17) is 0 Å². The van der Waals surface area contributed by atoms with Crippen LogP contribution in [0.15, 0.2) is 16.6 Å². The van der Waals surface area contributed by atoms with E-state index in [1.807, 2.05) is 7.05 Å². The quantitative estimate of drug-likeness (QED) is 0.781. The number of rotatable bonds is 4. The highest BCUT2D eigenvalue weighted by atomic mass is 79.9. The summed E-state index contributed by atoms with van der Waals surface area (Å²) in [6.07, 6.45) is 5.18. The smallest absolute Gasteiger partial charge is 0.143 e. The van der Waals surface area contributed by atoms with Crippen molar-refractivity contribution in [2.75, 3.05) is 7.05 Å². The minimum atomic E-state index is -0.464. The summed E-state index contributed by atoms with van der Waals surface area (Å²) in [7, 11) is 1.89. The number of halogens is 3. The molecule has 1 aliphatic rings. The zero-order valence-electron chi connectivity index (χ0n) is 12.1. The maximum atomic E-state index is 14.1. The summed E-state index contributed by atoms with van der Waals surface area (Å²) >= 11 is 3.14. The molecular weight excluding hydrogens is 324 g/mol. The lowest BCUT2D eigenvalue weighted by Crippen LogP contribution is -2.38. The molecule has 20 heavy (non-hydrogen) atoms. The summed E-state index contributed by atoms with van der Waals surface area (Å²) in [5, 5.41) is 3.27. The van der Waals surface area contributed by atoms with Crippen molar-refractivity contribution in [3.8, 4) is 0 Å². The summed E-state index contributed by atoms with van der Waals surface area (Å²) < 4.78 is 28.3. The van der Waals surface area contributed by atoms with E-state index in [-0.39, 0.29) is 11.6 Å². The summed E-state index contributed by atoms with van der Waals surface area (Å²) in [6, 6.07) is 2.89. The number of nitrogens with one attached hydrogen (secondary N) is 1. The van der Waals surface area contributed by atoms with E-state index < -0.39 is 11.6 Å². The first kappa shape index (κ1) is 15.9. The molecule has 3 atom stereocenters. The minimum Gasteiger partial charge on any atom is -0.316 e. The van der Waals surface area contributed by atoms with Crippen molar-refractivity contribution < 1.29 is 8.78 Å². The van der Waals surface area contributed by atoms with Crippen molar-refractivity contribution in [1.82, 2.24) is 5.32 Å². The highest BCUT2D eigenvalue weighted by Crippen LogP contribution is 2.33. The van der Waals surface area contributed by atoms with Crippen LogP contribution in [-0.2, 0) is 6.42 Å². The van der Waals surface area contributed by atoms with Gasteiger partial charge in [-0.3, -0.25) is 0 Å². The topological polar surface area (TPSA) is 12.0 Å². The van der Waals surface area contributed by atoms with Crippen LogP contribution in [0.25, 0.3) is 0 Å². The van der Waals surface area contributed by atoms with Crippen molar-refractivity contribution in [3.05, 3.63) is 33.8 Å². The second-order valence-corrected chi connectivity index (χ2v) is 6.81. The number of likely N-dealkylation sites (N-methyl/N-ethyl adjacent to an activating group) is 1. The molecule has 0 spiro atoms. The van der Waals surface area contributed by atoms with Gasteiger partial charge < -0.3 is 5.32 Å². The molecule has 1 fully saturated rings. The number of hydrogen-bond donors (Lipinski definition) is 1. The second-order valence-electron chi connectivity index (χ2n) is 5.95. The van der Waals surface area contributed by atoms with Crippen LogP contribution < -0.4 is 5.32 Å². The maximum absolute atomic E-state index is 14.1. The molecule has 4 heteroatoms. The van der Waals surface area contributed by atoms with E-state index in [1.165, 1.54) is 25.0 Å². The fourth-order valence-electron chi connectivity index (χ4n) is 3.33. The van der Waals surface area contributed by atoms with Crippen molar-refractivity contribution in [1.29, 1.82) is 0 Å². The molecule has 1 aliphatic carbocycles. The summed E-state index contributed by atoms with van der Waals surface area (Å²) in [6.45, 7) is 2.26. The Kier molecular flexibility index (Phi) is 5.56. The Morgan fingerprint density at radius 3 is 2.75 bits per heavy atom. The van der Waals surface area contributed by atoms with E-state index in [1.54, 1.807) is 0 Å². The number of hydrogen-bond acceptors (Lipinski definition) is 1. The molecule has 0 amide bonds. The predicted molar refractivity (Wildman–Crippen MR) is 81.7 cm³/mol. The van der Waals surface area contributed by atoms with E-state index in [9.17, 15) is 8.78 Å². The van der Waals surface area contributed by atoms with Crippen LogP contribution in [0.2, 0.25) is 0 Å².